The predicted octanol–water partition coefficient (Wildman–Crippen LogP) is 1.83. The molecule has 1 aliphatic heterocycles. The van der Waals surface area contributed by atoms with E-state index in [9.17, 15) is 4.79 Å². The molecule has 1 aliphatic rings. The number of carbonyl (C=O) groups is 1. The summed E-state index contributed by atoms with van der Waals surface area (Å²) in [5, 5.41) is 15.1. The van der Waals surface area contributed by atoms with Crippen LogP contribution in [0.4, 0.5) is 0 Å². The second kappa shape index (κ2) is 6.72. The van der Waals surface area contributed by atoms with Crippen LogP contribution in [0.2, 0.25) is 0 Å². The molecule has 0 saturated carbocycles. The number of aromatic nitrogens is 4. The second-order valence-electron chi connectivity index (χ2n) is 5.81. The van der Waals surface area contributed by atoms with Crippen molar-refractivity contribution in [3.63, 3.8) is 0 Å². The van der Waals surface area contributed by atoms with E-state index in [4.69, 9.17) is 4.74 Å². The summed E-state index contributed by atoms with van der Waals surface area (Å²) in [6, 6.07) is 13.4. The lowest BCUT2D eigenvalue weighted by molar-refractivity contribution is -0.134. The molecule has 7 nitrogen and oxygen atoms in total. The van der Waals surface area contributed by atoms with Crippen LogP contribution >= 0.6 is 0 Å². The van der Waals surface area contributed by atoms with E-state index in [-0.39, 0.29) is 12.5 Å². The zero-order valence-electron chi connectivity index (χ0n) is 13.6. The molecule has 126 valence electrons. The number of benzene rings is 1. The fourth-order valence-corrected chi connectivity index (χ4v) is 2.93. The van der Waals surface area contributed by atoms with Gasteiger partial charge in [0.15, 0.2) is 6.61 Å². The molecule has 1 N–H and O–H groups in total. The number of aromatic amines is 1. The number of hydrogen-bond acceptors (Lipinski definition) is 5. The van der Waals surface area contributed by atoms with E-state index in [1.165, 1.54) is 0 Å². The maximum atomic E-state index is 12.5. The zero-order chi connectivity index (χ0) is 17.1. The number of amides is 1. The van der Waals surface area contributed by atoms with Gasteiger partial charge in [0.1, 0.15) is 0 Å². The normalized spacial score (nSPS) is 13.4. The van der Waals surface area contributed by atoms with Gasteiger partial charge in [-0.05, 0) is 6.07 Å². The monoisotopic (exact) mass is 335 g/mol. The average Bonchev–Trinajstić information content (AvgIpc) is 3.11. The van der Waals surface area contributed by atoms with Gasteiger partial charge >= 0.3 is 0 Å². The average molecular weight is 335 g/mol. The minimum atomic E-state index is -0.0727. The molecule has 0 atom stereocenters. The summed E-state index contributed by atoms with van der Waals surface area (Å²) in [5.41, 5.74) is 4.12. The smallest absolute Gasteiger partial charge is 0.260 e. The summed E-state index contributed by atoms with van der Waals surface area (Å²) in [6.45, 7) is 1.12. The van der Waals surface area contributed by atoms with Crippen molar-refractivity contribution in [1.29, 1.82) is 0 Å². The van der Waals surface area contributed by atoms with Crippen LogP contribution in [0.5, 0.6) is 5.88 Å². The fourth-order valence-electron chi connectivity index (χ4n) is 2.93. The highest BCUT2D eigenvalue weighted by Gasteiger charge is 2.25. The summed E-state index contributed by atoms with van der Waals surface area (Å²) in [7, 11) is 0. The molecular weight excluding hydrogens is 318 g/mol. The van der Waals surface area contributed by atoms with Crippen LogP contribution in [0.3, 0.4) is 0 Å². The summed E-state index contributed by atoms with van der Waals surface area (Å²) >= 11 is 0. The quantitative estimate of drug-likeness (QED) is 0.786. The van der Waals surface area contributed by atoms with Crippen LogP contribution in [-0.4, -0.2) is 44.4 Å². The van der Waals surface area contributed by atoms with E-state index in [2.05, 4.69) is 20.4 Å². The Morgan fingerprint density at radius 1 is 1.20 bits per heavy atom. The van der Waals surface area contributed by atoms with Gasteiger partial charge in [0, 0.05) is 48.6 Å². The second-order valence-corrected chi connectivity index (χ2v) is 5.81. The molecule has 2 aromatic heterocycles. The van der Waals surface area contributed by atoms with Gasteiger partial charge in [0.05, 0.1) is 5.69 Å². The minimum absolute atomic E-state index is 0.0491. The molecule has 0 radical (unpaired) electrons. The van der Waals surface area contributed by atoms with Crippen molar-refractivity contribution in [3.8, 4) is 17.1 Å². The highest BCUT2D eigenvalue weighted by Crippen LogP contribution is 2.28. The number of nitrogens with one attached hydrogen (secondary N) is 1. The highest BCUT2D eigenvalue weighted by molar-refractivity contribution is 5.78. The Labute approximate surface area is 144 Å². The third-order valence-electron chi connectivity index (χ3n) is 4.22. The van der Waals surface area contributed by atoms with Crippen LogP contribution in [-0.2, 0) is 17.8 Å². The van der Waals surface area contributed by atoms with Crippen molar-refractivity contribution >= 4 is 5.91 Å². The summed E-state index contributed by atoms with van der Waals surface area (Å²) in [4.78, 5) is 14.3. The molecule has 0 saturated heterocycles. The van der Waals surface area contributed by atoms with Gasteiger partial charge < -0.3 is 9.64 Å². The van der Waals surface area contributed by atoms with Crippen LogP contribution in [0, 0.1) is 0 Å². The molecular formula is C18H17N5O2. The highest BCUT2D eigenvalue weighted by atomic mass is 16.5. The molecule has 0 fully saturated rings. The standard InChI is InChI=1S/C18H17N5O2/c24-17(12-25-16-7-4-9-19-21-16)23-10-8-15-14(11-23)18(22-20-15)13-5-2-1-3-6-13/h1-7,9H,8,10-12H2,(H,20,22). The first-order valence-electron chi connectivity index (χ1n) is 8.11. The number of nitrogens with zero attached hydrogens (tertiary/aromatic N) is 4. The third-order valence-corrected chi connectivity index (χ3v) is 4.22. The van der Waals surface area contributed by atoms with Crippen molar-refractivity contribution in [1.82, 2.24) is 25.3 Å². The van der Waals surface area contributed by atoms with E-state index >= 15 is 0 Å². The van der Waals surface area contributed by atoms with Crippen molar-refractivity contribution in [2.45, 2.75) is 13.0 Å². The largest absolute Gasteiger partial charge is 0.466 e. The SMILES string of the molecule is O=C(COc1cccnn1)N1CCc2[nH]nc(-c3ccccc3)c2C1. The number of carbonyl (C=O) groups excluding carboxylic acids is 1. The molecule has 7 heteroatoms. The van der Waals surface area contributed by atoms with Crippen LogP contribution < -0.4 is 4.74 Å². The van der Waals surface area contributed by atoms with E-state index in [1.54, 1.807) is 23.2 Å². The number of fused-ring (bicyclic) bond motifs is 1. The first-order chi connectivity index (χ1) is 12.3. The van der Waals surface area contributed by atoms with Crippen molar-refractivity contribution in [3.05, 3.63) is 59.9 Å². The van der Waals surface area contributed by atoms with Gasteiger partial charge in [-0.15, -0.1) is 5.10 Å². The van der Waals surface area contributed by atoms with E-state index in [1.807, 2.05) is 30.3 Å². The molecule has 0 bridgehead atoms. The summed E-state index contributed by atoms with van der Waals surface area (Å²) in [6.07, 6.45) is 2.32. The van der Waals surface area contributed by atoms with Gasteiger partial charge in [-0.25, -0.2) is 0 Å². The fraction of sp³-hybridized carbons (Fsp3) is 0.222. The zero-order valence-corrected chi connectivity index (χ0v) is 13.6. The number of rotatable bonds is 4. The van der Waals surface area contributed by atoms with Crippen LogP contribution in [0.15, 0.2) is 48.7 Å². The summed E-state index contributed by atoms with van der Waals surface area (Å²) < 4.78 is 5.42. The Balaban J connectivity index is 1.47. The van der Waals surface area contributed by atoms with Crippen molar-refractivity contribution < 1.29 is 9.53 Å². The molecule has 4 rings (SSSR count). The van der Waals surface area contributed by atoms with Gasteiger partial charge in [-0.1, -0.05) is 30.3 Å². The first kappa shape index (κ1) is 15.3. The Morgan fingerprint density at radius 3 is 2.88 bits per heavy atom. The number of ether oxygens (including phenoxy) is 1. The van der Waals surface area contributed by atoms with E-state index in [0.29, 0.717) is 19.0 Å². The molecule has 25 heavy (non-hydrogen) atoms. The van der Waals surface area contributed by atoms with Gasteiger partial charge in [0.25, 0.3) is 5.91 Å². The van der Waals surface area contributed by atoms with E-state index < -0.39 is 0 Å². The van der Waals surface area contributed by atoms with Gasteiger partial charge in [-0.2, -0.15) is 10.2 Å². The Hall–Kier alpha value is -3.22. The topological polar surface area (TPSA) is 84.0 Å². The lowest BCUT2D eigenvalue weighted by atomic mass is 10.0. The van der Waals surface area contributed by atoms with Crippen molar-refractivity contribution in [2.24, 2.45) is 0 Å². The molecule has 1 aromatic carbocycles. The Bertz CT molecular complexity index is 864. The molecule has 1 amide bonds. The predicted molar refractivity (Wildman–Crippen MR) is 90.7 cm³/mol. The third kappa shape index (κ3) is 3.21. The maximum Gasteiger partial charge on any atom is 0.260 e. The number of hydrogen-bond donors (Lipinski definition) is 1. The molecule has 0 aliphatic carbocycles. The lowest BCUT2D eigenvalue weighted by Gasteiger charge is -2.27. The lowest BCUT2D eigenvalue weighted by Crippen LogP contribution is -2.38. The Morgan fingerprint density at radius 2 is 2.08 bits per heavy atom. The molecule has 3 heterocycles. The number of H-pyrrole nitrogens is 1. The van der Waals surface area contributed by atoms with E-state index in [0.717, 1.165) is 28.9 Å². The maximum absolute atomic E-state index is 12.5. The minimum Gasteiger partial charge on any atom is -0.466 e. The van der Waals surface area contributed by atoms with Crippen LogP contribution in [0.1, 0.15) is 11.3 Å². The van der Waals surface area contributed by atoms with Gasteiger partial charge in [0.2, 0.25) is 5.88 Å². The molecule has 0 unspecified atom stereocenters. The first-order valence-corrected chi connectivity index (χ1v) is 8.11. The van der Waals surface area contributed by atoms with Crippen molar-refractivity contribution in [2.75, 3.05) is 13.2 Å². The molecule has 3 aromatic rings. The molecule has 0 spiro atoms. The van der Waals surface area contributed by atoms with Crippen LogP contribution in [0.25, 0.3) is 11.3 Å². The van der Waals surface area contributed by atoms with Gasteiger partial charge in [-0.3, -0.25) is 9.89 Å². The Kier molecular flexibility index (Phi) is 4.12. The summed E-state index contributed by atoms with van der Waals surface area (Å²) in [5.74, 6) is 0.276.